The smallest absolute Gasteiger partial charge is 0.0931 e. The van der Waals surface area contributed by atoms with Crippen molar-refractivity contribution in [1.29, 1.82) is 0 Å². The van der Waals surface area contributed by atoms with E-state index in [2.05, 4.69) is 22.9 Å². The minimum absolute atomic E-state index is 0.0955. The van der Waals surface area contributed by atoms with Crippen molar-refractivity contribution in [2.24, 2.45) is 5.73 Å². The molecule has 0 aliphatic carbocycles. The molecule has 80 valence electrons. The molecule has 0 saturated carbocycles. The number of hydrogen-bond donors (Lipinski definition) is 1. The van der Waals surface area contributed by atoms with Crippen molar-refractivity contribution in [3.05, 3.63) is 45.4 Å². The number of nitrogens with two attached hydrogens (primary N) is 1. The van der Waals surface area contributed by atoms with Crippen LogP contribution in [0.2, 0.25) is 4.34 Å². The van der Waals surface area contributed by atoms with Crippen LogP contribution in [0.3, 0.4) is 0 Å². The first-order chi connectivity index (χ1) is 7.15. The topological polar surface area (TPSA) is 30.9 Å². The minimum Gasteiger partial charge on any atom is -0.349 e. The van der Waals surface area contributed by atoms with Crippen LogP contribution in [0.4, 0.5) is 0 Å². The van der Waals surface area contributed by atoms with E-state index in [0.717, 1.165) is 16.4 Å². The lowest BCUT2D eigenvalue weighted by Crippen LogP contribution is -2.03. The second-order valence-electron chi connectivity index (χ2n) is 3.61. The van der Waals surface area contributed by atoms with Crippen molar-refractivity contribution in [3.8, 4) is 0 Å². The lowest BCUT2D eigenvalue weighted by molar-refractivity contribution is 0.784. The molecule has 1 atom stereocenters. The molecule has 2 aromatic heterocycles. The van der Waals surface area contributed by atoms with Crippen molar-refractivity contribution in [1.82, 2.24) is 4.57 Å². The summed E-state index contributed by atoms with van der Waals surface area (Å²) in [6.07, 6.45) is 4.13. The van der Waals surface area contributed by atoms with Gasteiger partial charge < -0.3 is 10.3 Å². The third-order valence-corrected chi connectivity index (χ3v) is 3.48. The highest BCUT2D eigenvalue weighted by Gasteiger charge is 2.03. The van der Waals surface area contributed by atoms with Crippen molar-refractivity contribution < 1.29 is 0 Å². The number of aromatic nitrogens is 1. The van der Waals surface area contributed by atoms with E-state index in [1.165, 1.54) is 4.88 Å². The summed E-state index contributed by atoms with van der Waals surface area (Å²) in [5.74, 6) is 0. The predicted molar refractivity (Wildman–Crippen MR) is 65.5 cm³/mol. The molecule has 0 radical (unpaired) electrons. The standard InChI is InChI=1S/C11H13ClN2S/c1-8(13)9-4-5-14(6-9)7-10-2-3-11(12)15-10/h2-6,8H,7,13H2,1H3. The van der Waals surface area contributed by atoms with Gasteiger partial charge in [-0.25, -0.2) is 0 Å². The zero-order valence-corrected chi connectivity index (χ0v) is 10.1. The van der Waals surface area contributed by atoms with Crippen molar-refractivity contribution in [2.45, 2.75) is 19.5 Å². The molecule has 0 bridgehead atoms. The maximum absolute atomic E-state index is 5.87. The number of rotatable bonds is 3. The van der Waals surface area contributed by atoms with E-state index < -0.39 is 0 Å². The average Bonchev–Trinajstić information content (AvgIpc) is 2.76. The van der Waals surface area contributed by atoms with E-state index in [1.807, 2.05) is 19.2 Å². The summed E-state index contributed by atoms with van der Waals surface area (Å²) in [5.41, 5.74) is 6.96. The molecule has 1 unspecified atom stereocenters. The highest BCUT2D eigenvalue weighted by molar-refractivity contribution is 7.16. The maximum atomic E-state index is 5.87. The van der Waals surface area contributed by atoms with Crippen LogP contribution < -0.4 is 5.73 Å². The first kappa shape index (κ1) is 10.7. The van der Waals surface area contributed by atoms with E-state index in [-0.39, 0.29) is 6.04 Å². The van der Waals surface area contributed by atoms with Crippen molar-refractivity contribution in [2.75, 3.05) is 0 Å². The van der Waals surface area contributed by atoms with Crippen LogP contribution in [0.5, 0.6) is 0 Å². The van der Waals surface area contributed by atoms with Crippen LogP contribution in [-0.2, 0) is 6.54 Å². The lowest BCUT2D eigenvalue weighted by Gasteiger charge is -2.01. The molecule has 0 aliphatic rings. The van der Waals surface area contributed by atoms with Gasteiger partial charge in [0, 0.05) is 23.3 Å². The number of nitrogens with zero attached hydrogens (tertiary/aromatic N) is 1. The molecular weight excluding hydrogens is 228 g/mol. The molecule has 0 amide bonds. The Kier molecular flexibility index (Phi) is 3.14. The first-order valence-electron chi connectivity index (χ1n) is 4.80. The molecule has 2 aromatic rings. The molecule has 2 heterocycles. The van der Waals surface area contributed by atoms with Gasteiger partial charge in [-0.1, -0.05) is 11.6 Å². The fraction of sp³-hybridized carbons (Fsp3) is 0.273. The Morgan fingerprint density at radius 2 is 2.27 bits per heavy atom. The molecule has 0 saturated heterocycles. The van der Waals surface area contributed by atoms with E-state index in [4.69, 9.17) is 17.3 Å². The van der Waals surface area contributed by atoms with E-state index in [0.29, 0.717) is 0 Å². The molecule has 2 nitrogen and oxygen atoms in total. The summed E-state index contributed by atoms with van der Waals surface area (Å²) >= 11 is 7.49. The summed E-state index contributed by atoms with van der Waals surface area (Å²) in [6.45, 7) is 2.85. The number of thiophene rings is 1. The largest absolute Gasteiger partial charge is 0.349 e. The Morgan fingerprint density at radius 1 is 1.47 bits per heavy atom. The Morgan fingerprint density at radius 3 is 2.80 bits per heavy atom. The Labute approximate surface area is 98.3 Å². The molecule has 2 rings (SSSR count). The van der Waals surface area contributed by atoms with Gasteiger partial charge in [0.2, 0.25) is 0 Å². The Bertz CT molecular complexity index is 445. The summed E-state index contributed by atoms with van der Waals surface area (Å²) in [5, 5.41) is 0. The van der Waals surface area contributed by atoms with Crippen LogP contribution in [-0.4, -0.2) is 4.57 Å². The molecule has 0 spiro atoms. The van der Waals surface area contributed by atoms with Gasteiger partial charge in [0.1, 0.15) is 0 Å². The zero-order valence-electron chi connectivity index (χ0n) is 8.48. The summed E-state index contributed by atoms with van der Waals surface area (Å²) in [7, 11) is 0. The van der Waals surface area contributed by atoms with E-state index >= 15 is 0 Å². The van der Waals surface area contributed by atoms with Crippen LogP contribution in [0, 0.1) is 0 Å². The fourth-order valence-electron chi connectivity index (χ4n) is 1.44. The van der Waals surface area contributed by atoms with Crippen molar-refractivity contribution in [3.63, 3.8) is 0 Å². The number of halogens is 1. The predicted octanol–water partition coefficient (Wildman–Crippen LogP) is 3.27. The highest BCUT2D eigenvalue weighted by Crippen LogP contribution is 2.22. The minimum atomic E-state index is 0.0955. The number of hydrogen-bond acceptors (Lipinski definition) is 2. The molecule has 2 N–H and O–H groups in total. The monoisotopic (exact) mass is 240 g/mol. The third kappa shape index (κ3) is 2.62. The molecule has 0 aliphatic heterocycles. The fourth-order valence-corrected chi connectivity index (χ4v) is 2.54. The zero-order chi connectivity index (χ0) is 10.8. The summed E-state index contributed by atoms with van der Waals surface area (Å²) in [4.78, 5) is 1.26. The summed E-state index contributed by atoms with van der Waals surface area (Å²) in [6, 6.07) is 6.13. The van der Waals surface area contributed by atoms with Gasteiger partial charge in [-0.3, -0.25) is 0 Å². The first-order valence-corrected chi connectivity index (χ1v) is 6.00. The van der Waals surface area contributed by atoms with Crippen LogP contribution in [0.25, 0.3) is 0 Å². The molecule has 0 aromatic carbocycles. The lowest BCUT2D eigenvalue weighted by atomic mass is 10.2. The second kappa shape index (κ2) is 4.39. The van der Waals surface area contributed by atoms with Gasteiger partial charge in [-0.15, -0.1) is 11.3 Å². The highest BCUT2D eigenvalue weighted by atomic mass is 35.5. The van der Waals surface area contributed by atoms with Gasteiger partial charge in [0.25, 0.3) is 0 Å². The van der Waals surface area contributed by atoms with Gasteiger partial charge in [-0.2, -0.15) is 0 Å². The molecular formula is C11H13ClN2S. The molecule has 0 fully saturated rings. The van der Waals surface area contributed by atoms with E-state index in [9.17, 15) is 0 Å². The van der Waals surface area contributed by atoms with Crippen molar-refractivity contribution >= 4 is 22.9 Å². The summed E-state index contributed by atoms with van der Waals surface area (Å²) < 4.78 is 2.96. The van der Waals surface area contributed by atoms with E-state index in [1.54, 1.807) is 11.3 Å². The SMILES string of the molecule is CC(N)c1ccn(Cc2ccc(Cl)s2)c1. The molecule has 4 heteroatoms. The van der Waals surface area contributed by atoms with Gasteiger partial charge in [0.15, 0.2) is 0 Å². The van der Waals surface area contributed by atoms with Gasteiger partial charge in [-0.05, 0) is 30.7 Å². The van der Waals surface area contributed by atoms with Gasteiger partial charge in [0.05, 0.1) is 10.9 Å². The van der Waals surface area contributed by atoms with Crippen LogP contribution in [0.15, 0.2) is 30.6 Å². The third-order valence-electron chi connectivity index (χ3n) is 2.27. The van der Waals surface area contributed by atoms with Crippen LogP contribution >= 0.6 is 22.9 Å². The maximum Gasteiger partial charge on any atom is 0.0931 e. The average molecular weight is 241 g/mol. The Hall–Kier alpha value is -0.770. The normalized spacial score (nSPS) is 13.0. The second-order valence-corrected chi connectivity index (χ2v) is 5.41. The Balaban J connectivity index is 2.11. The molecule has 15 heavy (non-hydrogen) atoms. The quantitative estimate of drug-likeness (QED) is 0.877. The van der Waals surface area contributed by atoms with Gasteiger partial charge >= 0.3 is 0 Å². The van der Waals surface area contributed by atoms with Crippen LogP contribution in [0.1, 0.15) is 23.4 Å².